The van der Waals surface area contributed by atoms with Gasteiger partial charge in [-0.15, -0.1) is 23.5 Å². The van der Waals surface area contributed by atoms with E-state index in [1.54, 1.807) is 12.1 Å². The summed E-state index contributed by atoms with van der Waals surface area (Å²) in [7, 11) is 0. The Morgan fingerprint density at radius 2 is 1.51 bits per heavy atom. The maximum atomic E-state index is 12.7. The van der Waals surface area contributed by atoms with Crippen LogP contribution in [-0.4, -0.2) is 44.0 Å². The van der Waals surface area contributed by atoms with Gasteiger partial charge in [0.15, 0.2) is 0 Å². The first-order chi connectivity index (χ1) is 17.0. The molecule has 2 N–H and O–H groups in total. The molecule has 0 saturated carbocycles. The van der Waals surface area contributed by atoms with Crippen molar-refractivity contribution in [3.63, 3.8) is 0 Å². The van der Waals surface area contributed by atoms with Crippen LogP contribution in [0.4, 0.5) is 5.69 Å². The maximum absolute atomic E-state index is 12.7. The highest BCUT2D eigenvalue weighted by Gasteiger charge is 2.17. The van der Waals surface area contributed by atoms with E-state index in [9.17, 15) is 14.7 Å². The number of aromatic nitrogens is 3. The molecular formula is C26H24N4O3S2. The molecule has 35 heavy (non-hydrogen) atoms. The van der Waals surface area contributed by atoms with Gasteiger partial charge in [0, 0.05) is 41.3 Å². The maximum Gasteiger partial charge on any atom is 0.308 e. The minimum absolute atomic E-state index is 0.101. The molecule has 0 fully saturated rings. The number of carbonyl (C=O) groups excluding carboxylic acids is 1. The van der Waals surface area contributed by atoms with E-state index in [2.05, 4.69) is 15.3 Å². The Morgan fingerprint density at radius 1 is 0.914 bits per heavy atom. The van der Waals surface area contributed by atoms with Gasteiger partial charge in [0.25, 0.3) is 5.91 Å². The summed E-state index contributed by atoms with van der Waals surface area (Å²) in [6.07, 6.45) is 8.07. The molecule has 178 valence electrons. The Kier molecular flexibility index (Phi) is 7.89. The van der Waals surface area contributed by atoms with Crippen molar-refractivity contribution in [2.75, 3.05) is 17.8 Å². The summed E-state index contributed by atoms with van der Waals surface area (Å²) in [5.41, 5.74) is 3.91. The second-order valence-corrected chi connectivity index (χ2v) is 9.26. The van der Waals surface area contributed by atoms with E-state index in [0.717, 1.165) is 11.3 Å². The molecule has 0 aliphatic carbocycles. The van der Waals surface area contributed by atoms with E-state index in [0.29, 0.717) is 39.1 Å². The van der Waals surface area contributed by atoms with Gasteiger partial charge in [-0.3, -0.25) is 9.59 Å². The molecule has 0 unspecified atom stereocenters. The highest BCUT2D eigenvalue weighted by Crippen LogP contribution is 2.28. The van der Waals surface area contributed by atoms with Crippen LogP contribution in [0.2, 0.25) is 0 Å². The van der Waals surface area contributed by atoms with Gasteiger partial charge in [-0.05, 0) is 66.6 Å². The van der Waals surface area contributed by atoms with E-state index in [-0.39, 0.29) is 12.3 Å². The Morgan fingerprint density at radius 3 is 2.06 bits per heavy atom. The molecule has 9 heteroatoms. The zero-order valence-corrected chi connectivity index (χ0v) is 20.9. The number of hydrogen-bond donors (Lipinski definition) is 2. The van der Waals surface area contributed by atoms with Crippen molar-refractivity contribution >= 4 is 41.1 Å². The first kappa shape index (κ1) is 24.6. The first-order valence-electron chi connectivity index (χ1n) is 10.8. The minimum atomic E-state index is -0.901. The number of nitrogens with one attached hydrogen (secondary N) is 1. The van der Waals surface area contributed by atoms with Gasteiger partial charge in [-0.25, -0.2) is 9.97 Å². The monoisotopic (exact) mass is 504 g/mol. The summed E-state index contributed by atoms with van der Waals surface area (Å²) in [6, 6.07) is 18.9. The molecule has 7 nitrogen and oxygen atoms in total. The lowest BCUT2D eigenvalue weighted by Gasteiger charge is -2.12. The van der Waals surface area contributed by atoms with E-state index in [4.69, 9.17) is 0 Å². The molecule has 1 amide bonds. The highest BCUT2D eigenvalue weighted by atomic mass is 32.2. The van der Waals surface area contributed by atoms with Crippen LogP contribution in [-0.2, 0) is 17.6 Å². The van der Waals surface area contributed by atoms with E-state index in [1.165, 1.54) is 23.5 Å². The number of carboxylic acids is 1. The number of amides is 1. The van der Waals surface area contributed by atoms with Crippen molar-refractivity contribution < 1.29 is 14.7 Å². The van der Waals surface area contributed by atoms with Gasteiger partial charge < -0.3 is 15.0 Å². The number of carbonyl (C=O) groups is 2. The average molecular weight is 505 g/mol. The molecule has 2 heterocycles. The fourth-order valence-electron chi connectivity index (χ4n) is 3.59. The molecular weight excluding hydrogens is 480 g/mol. The predicted molar refractivity (Wildman–Crippen MR) is 140 cm³/mol. The number of aliphatic carboxylic acids is 1. The fraction of sp³-hybridized carbons (Fsp3) is 0.154. The van der Waals surface area contributed by atoms with Crippen LogP contribution in [0.15, 0.2) is 83.1 Å². The summed E-state index contributed by atoms with van der Waals surface area (Å²) in [4.78, 5) is 33.1. The van der Waals surface area contributed by atoms with Crippen molar-refractivity contribution in [3.8, 4) is 5.69 Å². The van der Waals surface area contributed by atoms with Gasteiger partial charge in [0.2, 0.25) is 0 Å². The lowest BCUT2D eigenvalue weighted by atomic mass is 10.1. The number of thioether (sulfide) groups is 2. The zero-order chi connectivity index (χ0) is 24.8. The van der Waals surface area contributed by atoms with Crippen LogP contribution < -0.4 is 5.32 Å². The van der Waals surface area contributed by atoms with Crippen molar-refractivity contribution in [1.29, 1.82) is 0 Å². The first-order valence-corrected chi connectivity index (χ1v) is 13.2. The third-order valence-corrected chi connectivity index (χ3v) is 6.75. The number of anilines is 1. The highest BCUT2D eigenvalue weighted by molar-refractivity contribution is 7.99. The van der Waals surface area contributed by atoms with Crippen molar-refractivity contribution in [3.05, 3.63) is 95.6 Å². The van der Waals surface area contributed by atoms with E-state index in [1.807, 2.05) is 78.0 Å². The summed E-state index contributed by atoms with van der Waals surface area (Å²) in [5, 5.41) is 13.5. The molecule has 4 rings (SSSR count). The van der Waals surface area contributed by atoms with Crippen LogP contribution in [0.1, 0.15) is 27.3 Å². The van der Waals surface area contributed by atoms with E-state index < -0.39 is 5.97 Å². The minimum Gasteiger partial charge on any atom is -0.481 e. The summed E-state index contributed by atoms with van der Waals surface area (Å²) in [5.74, 6) is -0.447. The molecule has 2 aromatic heterocycles. The number of nitrogens with zero attached hydrogens (tertiary/aromatic N) is 3. The Labute approximate surface area is 212 Å². The molecule has 4 aromatic rings. The van der Waals surface area contributed by atoms with Crippen LogP contribution in [0.3, 0.4) is 0 Å². The zero-order valence-electron chi connectivity index (χ0n) is 19.3. The molecule has 2 aromatic carbocycles. The van der Waals surface area contributed by atoms with Gasteiger partial charge in [-0.1, -0.05) is 12.1 Å². The summed E-state index contributed by atoms with van der Waals surface area (Å²) < 4.78 is 1.98. The van der Waals surface area contributed by atoms with Gasteiger partial charge in [0.1, 0.15) is 15.9 Å². The second kappa shape index (κ2) is 11.2. The normalized spacial score (nSPS) is 10.8. The molecule has 0 atom stereocenters. The number of hydrogen-bond acceptors (Lipinski definition) is 6. The fourth-order valence-corrected chi connectivity index (χ4v) is 4.88. The molecule has 0 radical (unpaired) electrons. The lowest BCUT2D eigenvalue weighted by molar-refractivity contribution is -0.136. The largest absolute Gasteiger partial charge is 0.481 e. The Bertz CT molecular complexity index is 1300. The average Bonchev–Trinajstić information content (AvgIpc) is 3.41. The van der Waals surface area contributed by atoms with Crippen LogP contribution >= 0.6 is 23.5 Å². The standard InChI is InChI=1S/C26H24N4O3S2/c1-34-25-21(16-23(31)32)26(35-2)29-22(28-25)15-17-5-9-19(10-6-17)27-24(33)18-7-11-20(12-8-18)30-13-3-4-14-30/h3-14H,15-16H2,1-2H3,(H,27,33)(H,31,32). The molecule has 0 saturated heterocycles. The third-order valence-electron chi connectivity index (χ3n) is 5.30. The number of rotatable bonds is 9. The molecule has 0 spiro atoms. The summed E-state index contributed by atoms with van der Waals surface area (Å²) >= 11 is 2.84. The van der Waals surface area contributed by atoms with Crippen molar-refractivity contribution in [2.45, 2.75) is 22.9 Å². The Balaban J connectivity index is 1.43. The number of carboxylic acid groups (broad SMARTS) is 1. The van der Waals surface area contributed by atoms with Crippen LogP contribution in [0.25, 0.3) is 5.69 Å². The second-order valence-electron chi connectivity index (χ2n) is 7.67. The van der Waals surface area contributed by atoms with Crippen molar-refractivity contribution in [1.82, 2.24) is 14.5 Å². The Hall–Kier alpha value is -3.56. The third kappa shape index (κ3) is 6.12. The van der Waals surface area contributed by atoms with E-state index >= 15 is 0 Å². The number of benzene rings is 2. The molecule has 0 bridgehead atoms. The molecule has 0 aliphatic rings. The topological polar surface area (TPSA) is 97.1 Å². The van der Waals surface area contributed by atoms with Crippen LogP contribution in [0, 0.1) is 0 Å². The molecule has 0 aliphatic heterocycles. The smallest absolute Gasteiger partial charge is 0.308 e. The van der Waals surface area contributed by atoms with Gasteiger partial charge in [-0.2, -0.15) is 0 Å². The van der Waals surface area contributed by atoms with Crippen LogP contribution in [0.5, 0.6) is 0 Å². The SMILES string of the molecule is CSc1nc(Cc2ccc(NC(=O)c3ccc(-n4cccc4)cc3)cc2)nc(SC)c1CC(=O)O. The lowest BCUT2D eigenvalue weighted by Crippen LogP contribution is -2.12. The van der Waals surface area contributed by atoms with Gasteiger partial charge >= 0.3 is 5.97 Å². The summed E-state index contributed by atoms with van der Waals surface area (Å²) in [6.45, 7) is 0. The predicted octanol–water partition coefficient (Wildman–Crippen LogP) is 5.18. The van der Waals surface area contributed by atoms with Gasteiger partial charge in [0.05, 0.1) is 6.42 Å². The quantitative estimate of drug-likeness (QED) is 0.239. The van der Waals surface area contributed by atoms with Crippen molar-refractivity contribution in [2.24, 2.45) is 0 Å².